The molecule has 2 aromatic carbocycles. The summed E-state index contributed by atoms with van der Waals surface area (Å²) >= 11 is 0. The Morgan fingerprint density at radius 1 is 1.08 bits per heavy atom. The summed E-state index contributed by atoms with van der Waals surface area (Å²) in [6.45, 7) is -1.46. The zero-order valence-electron chi connectivity index (χ0n) is 13.6. The fraction of sp³-hybridized carbons (Fsp3) is 0.278. The van der Waals surface area contributed by atoms with E-state index < -0.39 is 24.9 Å². The molecular formula is C18H21ClF2N2O2. The zero-order chi connectivity index (χ0) is 17.4. The first-order valence-electron chi connectivity index (χ1n) is 7.64. The number of carbonyl (C=O) groups excluding carboxylic acids is 1. The van der Waals surface area contributed by atoms with Crippen LogP contribution < -0.4 is 15.8 Å². The molecule has 2 rings (SSSR count). The van der Waals surface area contributed by atoms with Crippen molar-refractivity contribution in [3.63, 3.8) is 0 Å². The van der Waals surface area contributed by atoms with Gasteiger partial charge in [0.15, 0.2) is 0 Å². The number of hydrogen-bond donors (Lipinski definition) is 2. The average Bonchev–Trinajstić information content (AvgIpc) is 2.61. The van der Waals surface area contributed by atoms with E-state index in [1.54, 1.807) is 0 Å². The maximum atomic E-state index is 13.0. The lowest BCUT2D eigenvalue weighted by Gasteiger charge is -2.15. The molecule has 3 N–H and O–H groups in total. The van der Waals surface area contributed by atoms with Gasteiger partial charge in [0.2, 0.25) is 5.91 Å². The predicted molar refractivity (Wildman–Crippen MR) is 96.2 cm³/mol. The maximum absolute atomic E-state index is 13.0. The van der Waals surface area contributed by atoms with Crippen LogP contribution in [-0.4, -0.2) is 31.5 Å². The fourth-order valence-electron chi connectivity index (χ4n) is 2.09. The summed E-state index contributed by atoms with van der Waals surface area (Å²) in [6.07, 6.45) is -0.0101. The Hall–Kier alpha value is -2.18. The van der Waals surface area contributed by atoms with Crippen molar-refractivity contribution < 1.29 is 18.3 Å². The number of amides is 1. The molecule has 0 aliphatic heterocycles. The SMILES string of the molecule is Cl.NCC(F)(F)CNC(=O)CCOc1ccccc1-c1ccccc1. The lowest BCUT2D eigenvalue weighted by atomic mass is 10.1. The van der Waals surface area contributed by atoms with Crippen LogP contribution in [0.15, 0.2) is 54.6 Å². The summed E-state index contributed by atoms with van der Waals surface area (Å²) in [5.41, 5.74) is 6.83. The normalized spacial score (nSPS) is 10.7. The van der Waals surface area contributed by atoms with E-state index in [1.165, 1.54) is 0 Å². The number of para-hydroxylation sites is 1. The van der Waals surface area contributed by atoms with Crippen molar-refractivity contribution in [3.05, 3.63) is 54.6 Å². The molecule has 0 unspecified atom stereocenters. The Labute approximate surface area is 151 Å². The number of nitrogens with two attached hydrogens (primary N) is 1. The van der Waals surface area contributed by atoms with Gasteiger partial charge in [0.1, 0.15) is 5.75 Å². The van der Waals surface area contributed by atoms with Gasteiger partial charge >= 0.3 is 0 Å². The van der Waals surface area contributed by atoms with Crippen molar-refractivity contribution in [2.24, 2.45) is 5.73 Å². The molecule has 0 radical (unpaired) electrons. The summed E-state index contributed by atoms with van der Waals surface area (Å²) in [5, 5.41) is 2.16. The summed E-state index contributed by atoms with van der Waals surface area (Å²) in [4.78, 5) is 11.6. The van der Waals surface area contributed by atoms with Crippen molar-refractivity contribution in [2.45, 2.75) is 12.3 Å². The van der Waals surface area contributed by atoms with Crippen LogP contribution in [0.1, 0.15) is 6.42 Å². The van der Waals surface area contributed by atoms with Gasteiger partial charge < -0.3 is 15.8 Å². The lowest BCUT2D eigenvalue weighted by molar-refractivity contribution is -0.123. The fourth-order valence-corrected chi connectivity index (χ4v) is 2.09. The third kappa shape index (κ3) is 6.68. The predicted octanol–water partition coefficient (Wildman–Crippen LogP) is 3.25. The van der Waals surface area contributed by atoms with Gasteiger partial charge in [-0.25, -0.2) is 8.78 Å². The third-order valence-electron chi connectivity index (χ3n) is 3.40. The van der Waals surface area contributed by atoms with Crippen LogP contribution in [0, 0.1) is 0 Å². The van der Waals surface area contributed by atoms with Gasteiger partial charge in [-0.15, -0.1) is 12.4 Å². The van der Waals surface area contributed by atoms with E-state index in [0.29, 0.717) is 5.75 Å². The molecule has 0 atom stereocenters. The first kappa shape index (κ1) is 20.9. The molecule has 1 amide bonds. The van der Waals surface area contributed by atoms with E-state index in [2.05, 4.69) is 5.32 Å². The van der Waals surface area contributed by atoms with Crippen LogP contribution in [0.25, 0.3) is 11.1 Å². The Kier molecular flexibility index (Phi) is 8.31. The summed E-state index contributed by atoms with van der Waals surface area (Å²) < 4.78 is 31.6. The van der Waals surface area contributed by atoms with E-state index in [1.807, 2.05) is 54.6 Å². The van der Waals surface area contributed by atoms with Crippen LogP contribution >= 0.6 is 12.4 Å². The second-order valence-corrected chi connectivity index (χ2v) is 5.30. The molecule has 0 saturated heterocycles. The molecule has 0 aromatic heterocycles. The molecule has 0 heterocycles. The highest BCUT2D eigenvalue weighted by Gasteiger charge is 2.26. The van der Waals surface area contributed by atoms with Gasteiger partial charge in [-0.05, 0) is 11.6 Å². The number of alkyl halides is 2. The van der Waals surface area contributed by atoms with Crippen LogP contribution in [0.5, 0.6) is 5.75 Å². The number of nitrogens with one attached hydrogen (secondary N) is 1. The summed E-state index contributed by atoms with van der Waals surface area (Å²) in [5.74, 6) is -2.94. The highest BCUT2D eigenvalue weighted by atomic mass is 35.5. The van der Waals surface area contributed by atoms with Crippen molar-refractivity contribution in [2.75, 3.05) is 19.7 Å². The Balaban J connectivity index is 0.00000312. The van der Waals surface area contributed by atoms with E-state index in [-0.39, 0.29) is 25.4 Å². The molecule has 0 spiro atoms. The standard InChI is InChI=1S/C18H20F2N2O2.ClH/c19-18(20,12-21)13-22-17(23)10-11-24-16-9-5-4-8-15(16)14-6-2-1-3-7-14;/h1-9H,10-13,21H2,(H,22,23);1H. The summed E-state index contributed by atoms with van der Waals surface area (Å²) in [7, 11) is 0. The Morgan fingerprint density at radius 3 is 2.40 bits per heavy atom. The molecule has 136 valence electrons. The van der Waals surface area contributed by atoms with E-state index in [4.69, 9.17) is 10.5 Å². The van der Waals surface area contributed by atoms with E-state index in [9.17, 15) is 13.6 Å². The second kappa shape index (κ2) is 9.96. The Bertz CT molecular complexity index is 669. The molecule has 0 aliphatic rings. The third-order valence-corrected chi connectivity index (χ3v) is 3.40. The molecule has 0 bridgehead atoms. The van der Waals surface area contributed by atoms with E-state index >= 15 is 0 Å². The maximum Gasteiger partial charge on any atom is 0.277 e. The van der Waals surface area contributed by atoms with Crippen molar-refractivity contribution in [3.8, 4) is 16.9 Å². The van der Waals surface area contributed by atoms with Crippen LogP contribution in [-0.2, 0) is 4.79 Å². The number of ether oxygens (including phenoxy) is 1. The van der Waals surface area contributed by atoms with Gasteiger partial charge in [0.25, 0.3) is 5.92 Å². The van der Waals surface area contributed by atoms with Gasteiger partial charge in [0, 0.05) is 5.56 Å². The topological polar surface area (TPSA) is 64.3 Å². The van der Waals surface area contributed by atoms with Gasteiger partial charge in [-0.2, -0.15) is 0 Å². The molecule has 0 saturated carbocycles. The van der Waals surface area contributed by atoms with E-state index in [0.717, 1.165) is 11.1 Å². The lowest BCUT2D eigenvalue weighted by Crippen LogP contribution is -2.41. The quantitative estimate of drug-likeness (QED) is 0.749. The van der Waals surface area contributed by atoms with Gasteiger partial charge in [-0.1, -0.05) is 48.5 Å². The first-order chi connectivity index (χ1) is 11.5. The second-order valence-electron chi connectivity index (χ2n) is 5.30. The van der Waals surface area contributed by atoms with Crippen molar-refractivity contribution >= 4 is 18.3 Å². The molecule has 4 nitrogen and oxygen atoms in total. The smallest absolute Gasteiger partial charge is 0.277 e. The van der Waals surface area contributed by atoms with Crippen molar-refractivity contribution in [1.29, 1.82) is 0 Å². The zero-order valence-corrected chi connectivity index (χ0v) is 14.4. The minimum atomic E-state index is -3.09. The minimum absolute atomic E-state index is 0. The number of carbonyl (C=O) groups is 1. The summed E-state index contributed by atoms with van der Waals surface area (Å²) in [6, 6.07) is 17.2. The number of halogens is 3. The monoisotopic (exact) mass is 370 g/mol. The van der Waals surface area contributed by atoms with Crippen LogP contribution in [0.3, 0.4) is 0 Å². The molecular weight excluding hydrogens is 350 g/mol. The highest BCUT2D eigenvalue weighted by molar-refractivity contribution is 5.85. The number of rotatable bonds is 8. The van der Waals surface area contributed by atoms with Gasteiger partial charge in [0.05, 0.1) is 26.1 Å². The van der Waals surface area contributed by atoms with Crippen LogP contribution in [0.4, 0.5) is 8.78 Å². The Morgan fingerprint density at radius 2 is 1.72 bits per heavy atom. The molecule has 0 fully saturated rings. The minimum Gasteiger partial charge on any atom is -0.492 e. The largest absolute Gasteiger partial charge is 0.492 e. The highest BCUT2D eigenvalue weighted by Crippen LogP contribution is 2.29. The first-order valence-corrected chi connectivity index (χ1v) is 7.64. The van der Waals surface area contributed by atoms with Crippen molar-refractivity contribution in [1.82, 2.24) is 5.32 Å². The molecule has 2 aromatic rings. The average molecular weight is 371 g/mol. The van der Waals surface area contributed by atoms with Gasteiger partial charge in [-0.3, -0.25) is 4.79 Å². The molecule has 25 heavy (non-hydrogen) atoms. The number of benzene rings is 2. The van der Waals surface area contributed by atoms with Crippen LogP contribution in [0.2, 0.25) is 0 Å². The number of hydrogen-bond acceptors (Lipinski definition) is 3. The molecule has 7 heteroatoms. The molecule has 0 aliphatic carbocycles.